The lowest BCUT2D eigenvalue weighted by Gasteiger charge is -2.37. The van der Waals surface area contributed by atoms with Crippen LogP contribution in [0.2, 0.25) is 0 Å². The predicted molar refractivity (Wildman–Crippen MR) is 75.3 cm³/mol. The largest absolute Gasteiger partial charge is 0.342 e. The first-order chi connectivity index (χ1) is 9.14. The van der Waals surface area contributed by atoms with E-state index in [9.17, 15) is 14.8 Å². The maximum absolute atomic E-state index is 12.3. The van der Waals surface area contributed by atoms with Crippen molar-refractivity contribution in [2.75, 3.05) is 20.6 Å². The highest BCUT2D eigenvalue weighted by molar-refractivity contribution is 5.80. The first-order valence-electron chi connectivity index (χ1n) is 6.88. The lowest BCUT2D eigenvalue weighted by atomic mass is 9.99. The van der Waals surface area contributed by atoms with Crippen molar-refractivity contribution in [3.05, 3.63) is 0 Å². The summed E-state index contributed by atoms with van der Waals surface area (Å²) in [5.74, 6) is 0.479. The van der Waals surface area contributed by atoms with Gasteiger partial charge in [0.05, 0.1) is 5.54 Å². The minimum Gasteiger partial charge on any atom is -0.339 e. The van der Waals surface area contributed by atoms with Crippen LogP contribution >= 0.6 is 0 Å². The smallest absolute Gasteiger partial charge is 0.339 e. The highest BCUT2D eigenvalue weighted by atomic mass is 16.5. The maximum atomic E-state index is 12.3. The standard InChI is InChI=1S/C13H26N4O3/c1-9(2)7-8-16-12(19)15(6)10(13(16,3)4)17(20)11(18)14-5/h9-10,20H,7-8H2,1-6H3,(H,14,18)/t10-/m1/s1. The fraction of sp³-hybridized carbons (Fsp3) is 0.846. The number of urea groups is 2. The van der Waals surface area contributed by atoms with E-state index in [0.717, 1.165) is 6.42 Å². The van der Waals surface area contributed by atoms with E-state index in [-0.39, 0.29) is 6.03 Å². The molecular formula is C13H26N4O3. The second-order valence-corrected chi connectivity index (χ2v) is 6.15. The Morgan fingerprint density at radius 2 is 2.05 bits per heavy atom. The molecule has 0 aromatic rings. The van der Waals surface area contributed by atoms with E-state index in [0.29, 0.717) is 17.5 Å². The van der Waals surface area contributed by atoms with Crippen molar-refractivity contribution in [2.24, 2.45) is 5.92 Å². The number of hydrogen-bond donors (Lipinski definition) is 2. The molecule has 20 heavy (non-hydrogen) atoms. The topological polar surface area (TPSA) is 76.1 Å². The van der Waals surface area contributed by atoms with E-state index < -0.39 is 17.7 Å². The summed E-state index contributed by atoms with van der Waals surface area (Å²) in [5.41, 5.74) is -0.665. The van der Waals surface area contributed by atoms with Crippen molar-refractivity contribution in [3.63, 3.8) is 0 Å². The molecule has 0 spiro atoms. The lowest BCUT2D eigenvalue weighted by molar-refractivity contribution is -0.129. The molecule has 1 heterocycles. The second kappa shape index (κ2) is 5.87. The first-order valence-corrected chi connectivity index (χ1v) is 6.88. The van der Waals surface area contributed by atoms with Gasteiger partial charge in [-0.1, -0.05) is 13.8 Å². The van der Waals surface area contributed by atoms with Crippen LogP contribution in [-0.2, 0) is 0 Å². The first kappa shape index (κ1) is 16.6. The molecule has 1 aliphatic heterocycles. The van der Waals surface area contributed by atoms with Crippen LogP contribution in [0.1, 0.15) is 34.1 Å². The van der Waals surface area contributed by atoms with Crippen LogP contribution in [0.25, 0.3) is 0 Å². The third-order valence-corrected chi connectivity index (χ3v) is 3.81. The Labute approximate surface area is 120 Å². The van der Waals surface area contributed by atoms with E-state index in [1.165, 1.54) is 11.9 Å². The molecule has 7 heteroatoms. The molecule has 1 rings (SSSR count). The molecule has 1 fully saturated rings. The van der Waals surface area contributed by atoms with Crippen molar-refractivity contribution in [1.29, 1.82) is 0 Å². The predicted octanol–water partition coefficient (Wildman–Crippen LogP) is 1.54. The number of rotatable bonds is 4. The van der Waals surface area contributed by atoms with Gasteiger partial charge >= 0.3 is 12.1 Å². The van der Waals surface area contributed by atoms with Crippen molar-refractivity contribution in [2.45, 2.75) is 45.8 Å². The number of amides is 4. The number of carbonyl (C=O) groups excluding carboxylic acids is 2. The second-order valence-electron chi connectivity index (χ2n) is 6.15. The van der Waals surface area contributed by atoms with Gasteiger partial charge in [-0.05, 0) is 26.2 Å². The molecule has 7 nitrogen and oxygen atoms in total. The van der Waals surface area contributed by atoms with Gasteiger partial charge in [-0.15, -0.1) is 0 Å². The molecule has 0 bridgehead atoms. The Morgan fingerprint density at radius 3 is 2.50 bits per heavy atom. The van der Waals surface area contributed by atoms with E-state index in [4.69, 9.17) is 0 Å². The molecule has 1 atom stereocenters. The molecule has 0 aromatic heterocycles. The Balaban J connectivity index is 2.98. The molecule has 1 aliphatic rings. The Hall–Kier alpha value is -1.50. The average Bonchev–Trinajstić information content (AvgIpc) is 2.52. The number of likely N-dealkylation sites (N-methyl/N-ethyl adjacent to an activating group) is 1. The minimum atomic E-state index is -0.720. The third kappa shape index (κ3) is 2.82. The molecule has 0 aliphatic carbocycles. The molecular weight excluding hydrogens is 260 g/mol. The number of nitrogens with zero attached hydrogens (tertiary/aromatic N) is 3. The molecule has 2 N–H and O–H groups in total. The van der Waals surface area contributed by atoms with Crippen LogP contribution in [0.5, 0.6) is 0 Å². The summed E-state index contributed by atoms with van der Waals surface area (Å²) in [6.45, 7) is 8.50. The highest BCUT2D eigenvalue weighted by Crippen LogP contribution is 2.33. The van der Waals surface area contributed by atoms with Crippen molar-refractivity contribution >= 4 is 12.1 Å². The SMILES string of the molecule is CNC(=O)N(O)[C@H]1N(C)C(=O)N(CCC(C)C)C1(C)C. The molecule has 0 saturated carbocycles. The van der Waals surface area contributed by atoms with Crippen LogP contribution in [0, 0.1) is 5.92 Å². The fourth-order valence-electron chi connectivity index (χ4n) is 2.61. The molecule has 0 unspecified atom stereocenters. The van der Waals surface area contributed by atoms with Crippen LogP contribution in [0.3, 0.4) is 0 Å². The Kier molecular flexibility index (Phi) is 4.86. The summed E-state index contributed by atoms with van der Waals surface area (Å²) >= 11 is 0. The van der Waals surface area contributed by atoms with Gasteiger partial charge in [-0.2, -0.15) is 5.06 Å². The Bertz CT molecular complexity index is 384. The molecule has 116 valence electrons. The quantitative estimate of drug-likeness (QED) is 0.608. The van der Waals surface area contributed by atoms with E-state index in [1.54, 1.807) is 11.9 Å². The number of carbonyl (C=O) groups is 2. The van der Waals surface area contributed by atoms with Crippen LogP contribution in [0.4, 0.5) is 9.59 Å². The van der Waals surface area contributed by atoms with Crippen LogP contribution < -0.4 is 5.32 Å². The number of hydroxylamine groups is 2. The van der Waals surface area contributed by atoms with Gasteiger partial charge in [0.25, 0.3) is 0 Å². The zero-order chi connectivity index (χ0) is 15.7. The number of hydrogen-bond acceptors (Lipinski definition) is 3. The van der Waals surface area contributed by atoms with E-state index in [1.807, 2.05) is 13.8 Å². The summed E-state index contributed by atoms with van der Waals surface area (Å²) < 4.78 is 0. The lowest BCUT2D eigenvalue weighted by Crippen LogP contribution is -2.58. The summed E-state index contributed by atoms with van der Waals surface area (Å²) in [7, 11) is 3.03. The molecule has 1 saturated heterocycles. The van der Waals surface area contributed by atoms with Gasteiger partial charge in [0.1, 0.15) is 0 Å². The number of nitrogens with one attached hydrogen (secondary N) is 1. The summed E-state index contributed by atoms with van der Waals surface area (Å²) in [5, 5.41) is 13.0. The van der Waals surface area contributed by atoms with Crippen molar-refractivity contribution in [3.8, 4) is 0 Å². The minimum absolute atomic E-state index is 0.177. The Morgan fingerprint density at radius 1 is 1.50 bits per heavy atom. The van der Waals surface area contributed by atoms with Crippen LogP contribution in [0.15, 0.2) is 0 Å². The van der Waals surface area contributed by atoms with Crippen LogP contribution in [-0.4, -0.2) is 64.5 Å². The third-order valence-electron chi connectivity index (χ3n) is 3.81. The van der Waals surface area contributed by atoms with Gasteiger partial charge < -0.3 is 15.1 Å². The van der Waals surface area contributed by atoms with E-state index in [2.05, 4.69) is 19.2 Å². The highest BCUT2D eigenvalue weighted by Gasteiger charge is 2.53. The summed E-state index contributed by atoms with van der Waals surface area (Å²) in [4.78, 5) is 27.1. The van der Waals surface area contributed by atoms with Crippen molar-refractivity contribution < 1.29 is 14.8 Å². The zero-order valence-corrected chi connectivity index (χ0v) is 13.2. The van der Waals surface area contributed by atoms with Gasteiger partial charge in [-0.25, -0.2) is 9.59 Å². The molecule has 0 radical (unpaired) electrons. The van der Waals surface area contributed by atoms with Gasteiger partial charge in [-0.3, -0.25) is 5.21 Å². The van der Waals surface area contributed by atoms with Crippen molar-refractivity contribution in [1.82, 2.24) is 20.2 Å². The average molecular weight is 286 g/mol. The van der Waals surface area contributed by atoms with Gasteiger partial charge in [0.15, 0.2) is 6.17 Å². The van der Waals surface area contributed by atoms with Gasteiger partial charge in [0.2, 0.25) is 0 Å². The maximum Gasteiger partial charge on any atom is 0.342 e. The fourth-order valence-corrected chi connectivity index (χ4v) is 2.61. The summed E-state index contributed by atoms with van der Waals surface area (Å²) in [6.07, 6.45) is 0.156. The zero-order valence-electron chi connectivity index (χ0n) is 13.2. The summed E-state index contributed by atoms with van der Waals surface area (Å²) in [6, 6.07) is -0.808. The van der Waals surface area contributed by atoms with Gasteiger partial charge in [0, 0.05) is 20.6 Å². The normalized spacial score (nSPS) is 21.6. The monoisotopic (exact) mass is 286 g/mol. The molecule has 4 amide bonds. The molecule has 0 aromatic carbocycles. The van der Waals surface area contributed by atoms with E-state index >= 15 is 0 Å².